The second-order valence-electron chi connectivity index (χ2n) is 5.04. The number of para-hydroxylation sites is 1. The molecule has 21 heavy (non-hydrogen) atoms. The molecule has 1 aromatic carbocycles. The molecule has 0 aliphatic rings. The molecule has 6 nitrogen and oxygen atoms in total. The number of benzene rings is 1. The number of anilines is 1. The van der Waals surface area contributed by atoms with Crippen molar-refractivity contribution in [1.82, 2.24) is 4.90 Å². The minimum atomic E-state index is -1.22. The molecule has 0 aliphatic carbocycles. The standard InChI is InChI=1S/C15H22N2O4/c1-11(18)14(15(20)21)17(3)13(19)9-10-16(2)12-7-5-4-6-8-12/h4-8,11,14,18H,9-10H2,1-3H3,(H,20,21). The van der Waals surface area contributed by atoms with Crippen LogP contribution in [0.15, 0.2) is 30.3 Å². The third kappa shape index (κ3) is 4.75. The highest BCUT2D eigenvalue weighted by molar-refractivity contribution is 5.84. The Morgan fingerprint density at radius 3 is 2.24 bits per heavy atom. The lowest BCUT2D eigenvalue weighted by molar-refractivity contribution is -0.153. The zero-order valence-corrected chi connectivity index (χ0v) is 12.6. The molecule has 0 heterocycles. The van der Waals surface area contributed by atoms with Gasteiger partial charge in [0.2, 0.25) is 5.91 Å². The molecule has 0 bridgehead atoms. The Bertz CT molecular complexity index is 476. The predicted molar refractivity (Wildman–Crippen MR) is 80.2 cm³/mol. The molecule has 0 aliphatic heterocycles. The van der Waals surface area contributed by atoms with E-state index in [-0.39, 0.29) is 12.3 Å². The fourth-order valence-corrected chi connectivity index (χ4v) is 2.10. The Morgan fingerprint density at radius 1 is 1.19 bits per heavy atom. The summed E-state index contributed by atoms with van der Waals surface area (Å²) in [5.41, 5.74) is 0.985. The zero-order valence-electron chi connectivity index (χ0n) is 12.6. The summed E-state index contributed by atoms with van der Waals surface area (Å²) in [4.78, 5) is 26.1. The normalized spacial score (nSPS) is 13.3. The van der Waals surface area contributed by atoms with Crippen LogP contribution in [-0.2, 0) is 9.59 Å². The van der Waals surface area contributed by atoms with Gasteiger partial charge in [-0.15, -0.1) is 0 Å². The zero-order chi connectivity index (χ0) is 16.0. The monoisotopic (exact) mass is 294 g/mol. The van der Waals surface area contributed by atoms with Crippen LogP contribution in [0.25, 0.3) is 0 Å². The van der Waals surface area contributed by atoms with E-state index < -0.39 is 18.1 Å². The van der Waals surface area contributed by atoms with Gasteiger partial charge in [-0.05, 0) is 19.1 Å². The van der Waals surface area contributed by atoms with Crippen molar-refractivity contribution in [1.29, 1.82) is 0 Å². The quantitative estimate of drug-likeness (QED) is 0.777. The van der Waals surface area contributed by atoms with Gasteiger partial charge in [0.25, 0.3) is 0 Å². The van der Waals surface area contributed by atoms with E-state index in [1.54, 1.807) is 0 Å². The minimum absolute atomic E-state index is 0.179. The van der Waals surface area contributed by atoms with Crippen LogP contribution in [0.4, 0.5) is 5.69 Å². The number of hydrogen-bond acceptors (Lipinski definition) is 4. The van der Waals surface area contributed by atoms with Crippen molar-refractivity contribution in [3.05, 3.63) is 30.3 Å². The van der Waals surface area contributed by atoms with E-state index in [2.05, 4.69) is 0 Å². The summed E-state index contributed by atoms with van der Waals surface area (Å²) in [6, 6.07) is 8.38. The van der Waals surface area contributed by atoms with Crippen molar-refractivity contribution in [2.45, 2.75) is 25.5 Å². The number of carbonyl (C=O) groups excluding carboxylic acids is 1. The van der Waals surface area contributed by atoms with Gasteiger partial charge < -0.3 is 20.0 Å². The van der Waals surface area contributed by atoms with E-state index in [0.717, 1.165) is 10.6 Å². The second-order valence-corrected chi connectivity index (χ2v) is 5.04. The van der Waals surface area contributed by atoms with E-state index in [4.69, 9.17) is 5.11 Å². The van der Waals surface area contributed by atoms with E-state index >= 15 is 0 Å². The first-order valence-electron chi connectivity index (χ1n) is 6.77. The Morgan fingerprint density at radius 2 is 1.76 bits per heavy atom. The minimum Gasteiger partial charge on any atom is -0.480 e. The molecule has 0 fully saturated rings. The molecular weight excluding hydrogens is 272 g/mol. The third-order valence-corrected chi connectivity index (χ3v) is 3.38. The molecule has 1 amide bonds. The van der Waals surface area contributed by atoms with Crippen LogP contribution in [0.5, 0.6) is 0 Å². The largest absolute Gasteiger partial charge is 0.480 e. The molecule has 0 radical (unpaired) electrons. The van der Waals surface area contributed by atoms with Crippen LogP contribution in [-0.4, -0.2) is 59.8 Å². The van der Waals surface area contributed by atoms with Gasteiger partial charge in [0.1, 0.15) is 0 Å². The number of likely N-dealkylation sites (N-methyl/N-ethyl adjacent to an activating group) is 1. The number of amides is 1. The molecule has 0 saturated carbocycles. The predicted octanol–water partition coefficient (Wildman–Crippen LogP) is 0.805. The van der Waals surface area contributed by atoms with E-state index in [9.17, 15) is 14.7 Å². The number of carbonyl (C=O) groups is 2. The second kappa shape index (κ2) is 7.64. The van der Waals surface area contributed by atoms with Gasteiger partial charge in [-0.2, -0.15) is 0 Å². The molecule has 0 aromatic heterocycles. The maximum absolute atomic E-state index is 12.1. The molecule has 2 N–H and O–H groups in total. The Hall–Kier alpha value is -2.08. The lowest BCUT2D eigenvalue weighted by Gasteiger charge is -2.28. The number of aliphatic hydroxyl groups is 1. The Balaban J connectivity index is 2.58. The molecule has 0 spiro atoms. The van der Waals surface area contributed by atoms with Crippen molar-refractivity contribution in [2.75, 3.05) is 25.5 Å². The van der Waals surface area contributed by atoms with Gasteiger partial charge in [-0.3, -0.25) is 4.79 Å². The van der Waals surface area contributed by atoms with Crippen LogP contribution < -0.4 is 4.90 Å². The van der Waals surface area contributed by atoms with Gasteiger partial charge in [-0.1, -0.05) is 18.2 Å². The van der Waals surface area contributed by atoms with E-state index in [1.165, 1.54) is 14.0 Å². The number of carboxylic acids is 1. The number of rotatable bonds is 7. The number of carboxylic acid groups (broad SMARTS) is 1. The van der Waals surface area contributed by atoms with Crippen molar-refractivity contribution < 1.29 is 19.8 Å². The summed E-state index contributed by atoms with van der Waals surface area (Å²) in [5, 5.41) is 18.5. The smallest absolute Gasteiger partial charge is 0.329 e. The van der Waals surface area contributed by atoms with Gasteiger partial charge in [-0.25, -0.2) is 4.79 Å². The topological polar surface area (TPSA) is 81.1 Å². The Labute approximate surface area is 124 Å². The average Bonchev–Trinajstić information content (AvgIpc) is 2.44. The summed E-state index contributed by atoms with van der Waals surface area (Å²) in [7, 11) is 3.27. The molecular formula is C15H22N2O4. The fourth-order valence-electron chi connectivity index (χ4n) is 2.10. The SMILES string of the molecule is CC(O)C(C(=O)O)N(C)C(=O)CCN(C)c1ccccc1. The van der Waals surface area contributed by atoms with Crippen LogP contribution in [0.1, 0.15) is 13.3 Å². The molecule has 2 atom stereocenters. The first-order chi connectivity index (χ1) is 9.84. The van der Waals surface area contributed by atoms with Crippen molar-refractivity contribution >= 4 is 17.6 Å². The molecule has 116 valence electrons. The number of hydrogen-bond donors (Lipinski definition) is 2. The highest BCUT2D eigenvalue weighted by Crippen LogP contribution is 2.12. The van der Waals surface area contributed by atoms with Crippen LogP contribution >= 0.6 is 0 Å². The first-order valence-corrected chi connectivity index (χ1v) is 6.77. The maximum Gasteiger partial charge on any atom is 0.329 e. The van der Waals surface area contributed by atoms with Crippen molar-refractivity contribution in [2.24, 2.45) is 0 Å². The molecule has 2 unspecified atom stereocenters. The summed E-state index contributed by atoms with van der Waals surface area (Å²) < 4.78 is 0. The van der Waals surface area contributed by atoms with Gasteiger partial charge in [0.15, 0.2) is 6.04 Å². The lowest BCUT2D eigenvalue weighted by atomic mass is 10.1. The summed E-state index contributed by atoms with van der Waals surface area (Å²) in [6.07, 6.45) is -0.943. The highest BCUT2D eigenvalue weighted by Gasteiger charge is 2.30. The molecule has 1 aromatic rings. The van der Waals surface area contributed by atoms with Crippen LogP contribution in [0.2, 0.25) is 0 Å². The third-order valence-electron chi connectivity index (χ3n) is 3.38. The van der Waals surface area contributed by atoms with Gasteiger partial charge in [0.05, 0.1) is 6.10 Å². The van der Waals surface area contributed by atoms with Crippen LogP contribution in [0.3, 0.4) is 0 Å². The summed E-state index contributed by atoms with van der Waals surface area (Å²) in [5.74, 6) is -1.52. The fraction of sp³-hybridized carbons (Fsp3) is 0.467. The Kier molecular flexibility index (Phi) is 6.17. The van der Waals surface area contributed by atoms with E-state index in [0.29, 0.717) is 6.54 Å². The summed E-state index contributed by atoms with van der Waals surface area (Å²) >= 11 is 0. The number of aliphatic hydroxyl groups excluding tert-OH is 1. The molecule has 1 rings (SSSR count). The maximum atomic E-state index is 12.1. The molecule has 6 heteroatoms. The first kappa shape index (κ1) is 17.0. The number of nitrogens with zero attached hydrogens (tertiary/aromatic N) is 2. The van der Waals surface area contributed by atoms with Gasteiger partial charge in [0, 0.05) is 32.7 Å². The van der Waals surface area contributed by atoms with Crippen LogP contribution in [0, 0.1) is 0 Å². The summed E-state index contributed by atoms with van der Waals surface area (Å²) in [6.45, 7) is 1.83. The lowest BCUT2D eigenvalue weighted by Crippen LogP contribution is -2.49. The van der Waals surface area contributed by atoms with E-state index in [1.807, 2.05) is 42.3 Å². The molecule has 0 saturated heterocycles. The van der Waals surface area contributed by atoms with Crippen molar-refractivity contribution in [3.63, 3.8) is 0 Å². The highest BCUT2D eigenvalue weighted by atomic mass is 16.4. The number of aliphatic carboxylic acids is 1. The van der Waals surface area contributed by atoms with Gasteiger partial charge >= 0.3 is 5.97 Å². The van der Waals surface area contributed by atoms with Crippen molar-refractivity contribution in [3.8, 4) is 0 Å². The average molecular weight is 294 g/mol.